The number of carbonyl (C=O) groups excluding carboxylic acids is 1. The van der Waals surface area contributed by atoms with Gasteiger partial charge in [0.1, 0.15) is 12.4 Å². The predicted octanol–water partition coefficient (Wildman–Crippen LogP) is 3.98. The number of rotatable bonds is 8. The van der Waals surface area contributed by atoms with Crippen LogP contribution < -0.4 is 14.4 Å². The number of ether oxygens (including phenoxy) is 1. The molecule has 3 aromatic heterocycles. The molecule has 4 heterocycles. The molecule has 1 aromatic carbocycles. The van der Waals surface area contributed by atoms with E-state index in [2.05, 4.69) is 45.5 Å². The smallest absolute Gasteiger partial charge is 0.281 e. The van der Waals surface area contributed by atoms with Crippen molar-refractivity contribution in [3.63, 3.8) is 0 Å². The van der Waals surface area contributed by atoms with Gasteiger partial charge in [0.25, 0.3) is 15.9 Å². The van der Waals surface area contributed by atoms with Crippen LogP contribution in [0.3, 0.4) is 0 Å². The highest BCUT2D eigenvalue weighted by Crippen LogP contribution is 2.38. The van der Waals surface area contributed by atoms with Gasteiger partial charge in [0, 0.05) is 36.7 Å². The Hall–Kier alpha value is -4.25. The average molecular weight is 547 g/mol. The van der Waals surface area contributed by atoms with E-state index < -0.39 is 15.9 Å². The number of hydrogen-bond donors (Lipinski definition) is 1. The number of anilines is 1. The normalized spacial score (nSPS) is 16.7. The lowest BCUT2D eigenvalue weighted by Crippen LogP contribution is -2.43. The molecule has 5 rings (SSSR count). The summed E-state index contributed by atoms with van der Waals surface area (Å²) < 4.78 is 35.9. The van der Waals surface area contributed by atoms with E-state index in [0.29, 0.717) is 11.7 Å². The Labute approximate surface area is 227 Å². The van der Waals surface area contributed by atoms with Gasteiger partial charge in [0.05, 0.1) is 11.3 Å². The number of sulfonamides is 1. The van der Waals surface area contributed by atoms with E-state index in [9.17, 15) is 13.2 Å². The van der Waals surface area contributed by atoms with Crippen LogP contribution in [0.5, 0.6) is 5.88 Å². The van der Waals surface area contributed by atoms with Crippen LogP contribution >= 0.6 is 0 Å². The number of carbonyl (C=O) groups is 1. The van der Waals surface area contributed by atoms with E-state index in [0.717, 1.165) is 24.2 Å². The second kappa shape index (κ2) is 10.5. The standard InChI is InChI=1S/C28H30N6O4S/c1-20-14-18-33(28(20,2)3)26-23(7-5-15-29-26)27(35)32-39(36,37)25-9-4-8-24(31-25)38-19-21-10-12-22(13-11-21)34-17-6-16-30-34/h4-13,15-17,20H,14,18-19H2,1-3H3,(H,32,35). The summed E-state index contributed by atoms with van der Waals surface area (Å²) in [5.41, 5.74) is 1.74. The van der Waals surface area contributed by atoms with Crippen LogP contribution in [-0.2, 0) is 16.6 Å². The van der Waals surface area contributed by atoms with Gasteiger partial charge in [-0.15, -0.1) is 0 Å². The first-order valence-corrected chi connectivity index (χ1v) is 14.1. The molecular weight excluding hydrogens is 516 g/mol. The molecule has 0 bridgehead atoms. The molecule has 0 spiro atoms. The monoisotopic (exact) mass is 546 g/mol. The van der Waals surface area contributed by atoms with E-state index >= 15 is 0 Å². The molecule has 4 aromatic rings. The Morgan fingerprint density at radius 3 is 2.56 bits per heavy atom. The molecule has 1 N–H and O–H groups in total. The summed E-state index contributed by atoms with van der Waals surface area (Å²) >= 11 is 0. The highest BCUT2D eigenvalue weighted by Gasteiger charge is 2.40. The third-order valence-electron chi connectivity index (χ3n) is 7.27. The fourth-order valence-electron chi connectivity index (χ4n) is 4.58. The zero-order valence-corrected chi connectivity index (χ0v) is 22.8. The summed E-state index contributed by atoms with van der Waals surface area (Å²) in [6.45, 7) is 7.27. The maximum atomic E-state index is 13.2. The highest BCUT2D eigenvalue weighted by atomic mass is 32.2. The van der Waals surface area contributed by atoms with Crippen LogP contribution in [0.25, 0.3) is 5.69 Å². The van der Waals surface area contributed by atoms with E-state index in [1.165, 1.54) is 12.1 Å². The summed E-state index contributed by atoms with van der Waals surface area (Å²) in [4.78, 5) is 23.8. The van der Waals surface area contributed by atoms with E-state index in [4.69, 9.17) is 4.74 Å². The molecule has 1 aliphatic rings. The van der Waals surface area contributed by atoms with Crippen molar-refractivity contribution in [3.05, 3.63) is 90.4 Å². The van der Waals surface area contributed by atoms with Gasteiger partial charge in [-0.2, -0.15) is 18.5 Å². The van der Waals surface area contributed by atoms with Crippen molar-refractivity contribution in [2.75, 3.05) is 11.4 Å². The van der Waals surface area contributed by atoms with Gasteiger partial charge in [-0.3, -0.25) is 4.79 Å². The molecule has 11 heteroatoms. The molecule has 1 unspecified atom stereocenters. The first-order valence-electron chi connectivity index (χ1n) is 12.6. The molecule has 1 amide bonds. The summed E-state index contributed by atoms with van der Waals surface area (Å²) in [5, 5.41) is 3.88. The topological polar surface area (TPSA) is 119 Å². The number of hydrogen-bond acceptors (Lipinski definition) is 8. The minimum absolute atomic E-state index is 0.122. The van der Waals surface area contributed by atoms with Crippen molar-refractivity contribution in [1.82, 2.24) is 24.5 Å². The van der Waals surface area contributed by atoms with Crippen LogP contribution in [0.2, 0.25) is 0 Å². The molecule has 39 heavy (non-hydrogen) atoms. The SMILES string of the molecule is CC1CCN(c2ncccc2C(=O)NS(=O)(=O)c2cccc(OCc3ccc(-n4cccn4)cc3)n2)C1(C)C. The lowest BCUT2D eigenvalue weighted by molar-refractivity contribution is 0.0981. The minimum Gasteiger partial charge on any atom is -0.473 e. The zero-order chi connectivity index (χ0) is 27.6. The highest BCUT2D eigenvalue weighted by molar-refractivity contribution is 7.90. The Morgan fingerprint density at radius 1 is 1.08 bits per heavy atom. The lowest BCUT2D eigenvalue weighted by Gasteiger charge is -2.36. The van der Waals surface area contributed by atoms with Crippen molar-refractivity contribution in [1.29, 1.82) is 0 Å². The van der Waals surface area contributed by atoms with Crippen molar-refractivity contribution >= 4 is 21.7 Å². The second-order valence-corrected chi connectivity index (χ2v) is 11.7. The molecule has 1 atom stereocenters. The maximum absolute atomic E-state index is 13.2. The third kappa shape index (κ3) is 5.49. The van der Waals surface area contributed by atoms with Crippen molar-refractivity contribution in [2.24, 2.45) is 5.92 Å². The fraction of sp³-hybridized carbons (Fsp3) is 0.286. The van der Waals surface area contributed by atoms with Crippen LogP contribution in [-0.4, -0.2) is 46.2 Å². The van der Waals surface area contributed by atoms with Gasteiger partial charge in [0.2, 0.25) is 5.88 Å². The number of nitrogens with zero attached hydrogens (tertiary/aromatic N) is 5. The molecule has 10 nitrogen and oxygen atoms in total. The Kier molecular flexibility index (Phi) is 7.09. The van der Waals surface area contributed by atoms with Gasteiger partial charge in [-0.05, 0) is 68.1 Å². The summed E-state index contributed by atoms with van der Waals surface area (Å²) in [6.07, 6.45) is 6.11. The predicted molar refractivity (Wildman–Crippen MR) is 146 cm³/mol. The van der Waals surface area contributed by atoms with Crippen LogP contribution in [0.4, 0.5) is 5.82 Å². The van der Waals surface area contributed by atoms with Crippen LogP contribution in [0, 0.1) is 5.92 Å². The summed E-state index contributed by atoms with van der Waals surface area (Å²) in [7, 11) is -4.27. The molecular formula is C28H30N6O4S. The number of nitrogens with one attached hydrogen (secondary N) is 1. The molecule has 0 saturated carbocycles. The van der Waals surface area contributed by atoms with Crippen molar-refractivity contribution in [2.45, 2.75) is 44.4 Å². The van der Waals surface area contributed by atoms with Crippen molar-refractivity contribution in [3.8, 4) is 11.6 Å². The second-order valence-electron chi connectivity index (χ2n) is 10.0. The van der Waals surface area contributed by atoms with Crippen LogP contribution in [0.15, 0.2) is 84.3 Å². The molecule has 1 fully saturated rings. The van der Waals surface area contributed by atoms with Gasteiger partial charge >= 0.3 is 0 Å². The summed E-state index contributed by atoms with van der Waals surface area (Å²) in [6, 6.07) is 17.0. The lowest BCUT2D eigenvalue weighted by atomic mass is 9.90. The van der Waals surface area contributed by atoms with E-state index in [1.807, 2.05) is 36.5 Å². The Morgan fingerprint density at radius 2 is 1.87 bits per heavy atom. The quantitative estimate of drug-likeness (QED) is 0.352. The van der Waals surface area contributed by atoms with Gasteiger partial charge in [0.15, 0.2) is 5.03 Å². The fourth-order valence-corrected chi connectivity index (χ4v) is 5.50. The molecule has 1 aliphatic heterocycles. The van der Waals surface area contributed by atoms with E-state index in [-0.39, 0.29) is 28.6 Å². The Balaban J connectivity index is 1.28. The van der Waals surface area contributed by atoms with Crippen molar-refractivity contribution < 1.29 is 17.9 Å². The first-order chi connectivity index (χ1) is 18.6. The number of aromatic nitrogens is 4. The molecule has 1 saturated heterocycles. The molecule has 202 valence electrons. The Bertz CT molecular complexity index is 1570. The number of benzene rings is 1. The average Bonchev–Trinajstić information content (AvgIpc) is 3.56. The molecule has 0 aliphatic carbocycles. The first kappa shape index (κ1) is 26.4. The zero-order valence-electron chi connectivity index (χ0n) is 22.0. The largest absolute Gasteiger partial charge is 0.473 e. The van der Waals surface area contributed by atoms with E-state index in [1.54, 1.807) is 35.3 Å². The maximum Gasteiger partial charge on any atom is 0.281 e. The number of pyridine rings is 2. The van der Waals surface area contributed by atoms with Gasteiger partial charge in [-0.25, -0.2) is 14.4 Å². The third-order valence-corrected chi connectivity index (χ3v) is 8.50. The van der Waals surface area contributed by atoms with Gasteiger partial charge in [-0.1, -0.05) is 25.1 Å². The van der Waals surface area contributed by atoms with Gasteiger partial charge < -0.3 is 9.64 Å². The molecule has 0 radical (unpaired) electrons. The van der Waals surface area contributed by atoms with Crippen LogP contribution in [0.1, 0.15) is 43.1 Å². The minimum atomic E-state index is -4.27. The summed E-state index contributed by atoms with van der Waals surface area (Å²) in [5.74, 6) is 0.207. The number of amides is 1.